The summed E-state index contributed by atoms with van der Waals surface area (Å²) in [7, 11) is 0. The van der Waals surface area contributed by atoms with Crippen LogP contribution < -0.4 is 11.1 Å². The zero-order chi connectivity index (χ0) is 12.1. The second kappa shape index (κ2) is 5.45. The first kappa shape index (κ1) is 11.6. The molecule has 1 amide bonds. The van der Waals surface area contributed by atoms with Gasteiger partial charge in [-0.3, -0.25) is 4.79 Å². The number of carbonyl (C=O) groups excluding carboxylic acids is 1. The normalized spacial score (nSPS) is 10.1. The highest BCUT2D eigenvalue weighted by Crippen LogP contribution is 2.09. The van der Waals surface area contributed by atoms with E-state index in [1.165, 1.54) is 11.3 Å². The van der Waals surface area contributed by atoms with Gasteiger partial charge in [-0.25, -0.2) is 4.98 Å². The first-order valence-electron chi connectivity index (χ1n) is 5.23. The molecule has 0 atom stereocenters. The van der Waals surface area contributed by atoms with Gasteiger partial charge in [0.2, 0.25) is 5.91 Å². The molecule has 0 fully saturated rings. The minimum atomic E-state index is -0.0425. The van der Waals surface area contributed by atoms with E-state index in [9.17, 15) is 4.79 Å². The van der Waals surface area contributed by atoms with Gasteiger partial charge < -0.3 is 11.1 Å². The monoisotopic (exact) mass is 247 g/mol. The molecular weight excluding hydrogens is 234 g/mol. The fourth-order valence-corrected chi connectivity index (χ4v) is 2.00. The van der Waals surface area contributed by atoms with E-state index in [4.69, 9.17) is 5.73 Å². The number of nitrogen functional groups attached to an aromatic ring is 1. The summed E-state index contributed by atoms with van der Waals surface area (Å²) in [6, 6.07) is 7.49. The van der Waals surface area contributed by atoms with E-state index in [1.807, 2.05) is 29.6 Å². The first-order valence-corrected chi connectivity index (χ1v) is 6.17. The van der Waals surface area contributed by atoms with Crippen LogP contribution in [0.3, 0.4) is 0 Å². The molecule has 1 aromatic carbocycles. The van der Waals surface area contributed by atoms with E-state index in [0.717, 1.165) is 11.3 Å². The van der Waals surface area contributed by atoms with Gasteiger partial charge in [-0.1, -0.05) is 18.2 Å². The van der Waals surface area contributed by atoms with Crippen molar-refractivity contribution in [3.05, 3.63) is 46.4 Å². The molecule has 4 nitrogen and oxygen atoms in total. The van der Waals surface area contributed by atoms with Crippen molar-refractivity contribution in [2.24, 2.45) is 0 Å². The minimum absolute atomic E-state index is 0.0425. The Morgan fingerprint density at radius 1 is 1.41 bits per heavy atom. The van der Waals surface area contributed by atoms with Crippen molar-refractivity contribution >= 4 is 22.9 Å². The predicted octanol–water partition coefficient (Wildman–Crippen LogP) is 1.58. The standard InChI is InChI=1S/C12H13N3OS/c13-11-4-2-1-3-9(11)6-14-12(16)5-10-7-17-8-15-10/h1-4,7-8H,5-6,13H2,(H,14,16). The summed E-state index contributed by atoms with van der Waals surface area (Å²) in [6.07, 6.45) is 0.316. The van der Waals surface area contributed by atoms with Gasteiger partial charge in [0.15, 0.2) is 0 Å². The molecule has 0 aliphatic rings. The largest absolute Gasteiger partial charge is 0.398 e. The van der Waals surface area contributed by atoms with Gasteiger partial charge in [0.25, 0.3) is 0 Å². The Kier molecular flexibility index (Phi) is 3.72. The summed E-state index contributed by atoms with van der Waals surface area (Å²) in [5.41, 5.74) is 9.93. The van der Waals surface area contributed by atoms with E-state index in [2.05, 4.69) is 10.3 Å². The van der Waals surface area contributed by atoms with Gasteiger partial charge >= 0.3 is 0 Å². The van der Waals surface area contributed by atoms with Crippen molar-refractivity contribution in [1.82, 2.24) is 10.3 Å². The first-order chi connectivity index (χ1) is 8.25. The molecule has 2 aromatic rings. The maximum absolute atomic E-state index is 11.6. The molecule has 0 radical (unpaired) electrons. The van der Waals surface area contributed by atoms with Crippen molar-refractivity contribution < 1.29 is 4.79 Å². The van der Waals surface area contributed by atoms with Crippen molar-refractivity contribution in [3.8, 4) is 0 Å². The van der Waals surface area contributed by atoms with Crippen LogP contribution in [-0.2, 0) is 17.8 Å². The van der Waals surface area contributed by atoms with Gasteiger partial charge in [-0.05, 0) is 11.6 Å². The number of aromatic nitrogens is 1. The fourth-order valence-electron chi connectivity index (χ4n) is 1.44. The van der Waals surface area contributed by atoms with Crippen LogP contribution in [0.4, 0.5) is 5.69 Å². The lowest BCUT2D eigenvalue weighted by Gasteiger charge is -2.06. The van der Waals surface area contributed by atoms with E-state index < -0.39 is 0 Å². The van der Waals surface area contributed by atoms with Crippen LogP contribution in [0.5, 0.6) is 0 Å². The van der Waals surface area contributed by atoms with Crippen LogP contribution in [0.25, 0.3) is 0 Å². The zero-order valence-corrected chi connectivity index (χ0v) is 10.0. The number of hydrogen-bond donors (Lipinski definition) is 2. The summed E-state index contributed by atoms with van der Waals surface area (Å²) in [5, 5.41) is 4.70. The molecule has 0 aliphatic carbocycles. The molecule has 0 aliphatic heterocycles. The van der Waals surface area contributed by atoms with Crippen LogP contribution >= 0.6 is 11.3 Å². The van der Waals surface area contributed by atoms with Crippen LogP contribution in [-0.4, -0.2) is 10.9 Å². The molecule has 17 heavy (non-hydrogen) atoms. The zero-order valence-electron chi connectivity index (χ0n) is 9.22. The second-order valence-corrected chi connectivity index (χ2v) is 4.35. The summed E-state index contributed by atoms with van der Waals surface area (Å²) in [5.74, 6) is -0.0425. The van der Waals surface area contributed by atoms with Gasteiger partial charge in [-0.15, -0.1) is 11.3 Å². The third kappa shape index (κ3) is 3.29. The Morgan fingerprint density at radius 2 is 2.24 bits per heavy atom. The van der Waals surface area contributed by atoms with Crippen LogP contribution in [0.15, 0.2) is 35.2 Å². The van der Waals surface area contributed by atoms with E-state index in [-0.39, 0.29) is 5.91 Å². The number of benzene rings is 1. The number of amides is 1. The summed E-state index contributed by atoms with van der Waals surface area (Å²) >= 11 is 1.49. The number of anilines is 1. The third-order valence-electron chi connectivity index (χ3n) is 2.36. The number of carbonyl (C=O) groups is 1. The molecule has 0 unspecified atom stereocenters. The van der Waals surface area contributed by atoms with Gasteiger partial charge in [0.1, 0.15) is 0 Å². The molecule has 1 heterocycles. The van der Waals surface area contributed by atoms with Crippen molar-refractivity contribution in [2.75, 3.05) is 5.73 Å². The molecule has 88 valence electrons. The molecule has 0 spiro atoms. The summed E-state index contributed by atoms with van der Waals surface area (Å²) in [4.78, 5) is 15.7. The quantitative estimate of drug-likeness (QED) is 0.806. The number of nitrogens with two attached hydrogens (primary N) is 1. The minimum Gasteiger partial charge on any atom is -0.398 e. The number of rotatable bonds is 4. The second-order valence-electron chi connectivity index (χ2n) is 3.63. The van der Waals surface area contributed by atoms with Crippen molar-refractivity contribution in [2.45, 2.75) is 13.0 Å². The molecule has 5 heteroatoms. The lowest BCUT2D eigenvalue weighted by atomic mass is 10.2. The highest BCUT2D eigenvalue weighted by molar-refractivity contribution is 7.07. The molecule has 0 saturated carbocycles. The maximum atomic E-state index is 11.6. The SMILES string of the molecule is Nc1ccccc1CNC(=O)Cc1cscn1. The van der Waals surface area contributed by atoms with E-state index in [0.29, 0.717) is 18.7 Å². The Balaban J connectivity index is 1.86. The Morgan fingerprint density at radius 3 is 2.94 bits per heavy atom. The highest BCUT2D eigenvalue weighted by atomic mass is 32.1. The molecule has 0 saturated heterocycles. The van der Waals surface area contributed by atoms with E-state index in [1.54, 1.807) is 5.51 Å². The van der Waals surface area contributed by atoms with Crippen LogP contribution in [0.2, 0.25) is 0 Å². The maximum Gasteiger partial charge on any atom is 0.226 e. The molecule has 0 bridgehead atoms. The van der Waals surface area contributed by atoms with Gasteiger partial charge in [0, 0.05) is 17.6 Å². The number of nitrogens with zero attached hydrogens (tertiary/aromatic N) is 1. The topological polar surface area (TPSA) is 68.0 Å². The van der Waals surface area contributed by atoms with Crippen LogP contribution in [0.1, 0.15) is 11.3 Å². The number of nitrogens with one attached hydrogen (secondary N) is 1. The Bertz CT molecular complexity index is 496. The van der Waals surface area contributed by atoms with Gasteiger partial charge in [-0.2, -0.15) is 0 Å². The average molecular weight is 247 g/mol. The number of thiazole rings is 1. The number of para-hydroxylation sites is 1. The molecule has 1 aromatic heterocycles. The van der Waals surface area contributed by atoms with Crippen molar-refractivity contribution in [1.29, 1.82) is 0 Å². The van der Waals surface area contributed by atoms with E-state index >= 15 is 0 Å². The highest BCUT2D eigenvalue weighted by Gasteiger charge is 2.05. The predicted molar refractivity (Wildman–Crippen MR) is 68.5 cm³/mol. The molecule has 3 N–H and O–H groups in total. The number of hydrogen-bond acceptors (Lipinski definition) is 4. The van der Waals surface area contributed by atoms with Crippen molar-refractivity contribution in [3.63, 3.8) is 0 Å². The van der Waals surface area contributed by atoms with Crippen LogP contribution in [0, 0.1) is 0 Å². The lowest BCUT2D eigenvalue weighted by molar-refractivity contribution is -0.120. The third-order valence-corrected chi connectivity index (χ3v) is 2.99. The molecular formula is C12H13N3OS. The Hall–Kier alpha value is -1.88. The Labute approximate surface area is 103 Å². The average Bonchev–Trinajstić information content (AvgIpc) is 2.81. The smallest absolute Gasteiger partial charge is 0.226 e. The molecule has 2 rings (SSSR count). The lowest BCUT2D eigenvalue weighted by Crippen LogP contribution is -2.25. The summed E-state index contributed by atoms with van der Waals surface area (Å²) < 4.78 is 0. The fraction of sp³-hybridized carbons (Fsp3) is 0.167. The summed E-state index contributed by atoms with van der Waals surface area (Å²) in [6.45, 7) is 0.454. The van der Waals surface area contributed by atoms with Gasteiger partial charge in [0.05, 0.1) is 17.6 Å².